The predicted octanol–water partition coefficient (Wildman–Crippen LogP) is 2.58. The van der Waals surface area contributed by atoms with Crippen LogP contribution in [0, 0.1) is 6.92 Å². The summed E-state index contributed by atoms with van der Waals surface area (Å²) in [5.74, 6) is 0.951. The normalized spacial score (nSPS) is 15.5. The van der Waals surface area contributed by atoms with Crippen LogP contribution in [-0.2, 0) is 0 Å². The lowest BCUT2D eigenvalue weighted by molar-refractivity contribution is 0.416. The molecule has 2 heteroatoms. The Kier molecular flexibility index (Phi) is 2.13. The van der Waals surface area contributed by atoms with Crippen molar-refractivity contribution in [3.05, 3.63) is 23.8 Å². The maximum Gasteiger partial charge on any atom is 0.142 e. The minimum Gasteiger partial charge on any atom is -0.495 e. The second-order valence-corrected chi connectivity index (χ2v) is 3.62. The summed E-state index contributed by atoms with van der Waals surface area (Å²) >= 11 is 0. The van der Waals surface area contributed by atoms with Crippen LogP contribution < -0.4 is 10.1 Å². The minimum atomic E-state index is 0.677. The summed E-state index contributed by atoms with van der Waals surface area (Å²) in [6.07, 6.45) is 2.58. The van der Waals surface area contributed by atoms with E-state index in [-0.39, 0.29) is 0 Å². The van der Waals surface area contributed by atoms with Crippen molar-refractivity contribution in [2.45, 2.75) is 25.8 Å². The molecule has 70 valence electrons. The molecule has 0 spiro atoms. The van der Waals surface area contributed by atoms with Crippen LogP contribution in [0.15, 0.2) is 18.2 Å². The van der Waals surface area contributed by atoms with E-state index in [0.717, 1.165) is 11.4 Å². The molecule has 2 nitrogen and oxygen atoms in total. The van der Waals surface area contributed by atoms with Crippen LogP contribution in [0.4, 0.5) is 5.69 Å². The Balaban J connectivity index is 2.21. The highest BCUT2D eigenvalue weighted by Gasteiger charge is 2.21. The third-order valence-electron chi connectivity index (χ3n) is 2.29. The maximum atomic E-state index is 5.29. The van der Waals surface area contributed by atoms with Gasteiger partial charge in [0.1, 0.15) is 5.75 Å². The lowest BCUT2D eigenvalue weighted by Crippen LogP contribution is -2.02. The number of methoxy groups -OCH3 is 1. The Hall–Kier alpha value is -1.18. The summed E-state index contributed by atoms with van der Waals surface area (Å²) in [5, 5.41) is 3.44. The number of ether oxygens (including phenoxy) is 1. The van der Waals surface area contributed by atoms with E-state index in [1.165, 1.54) is 18.4 Å². The van der Waals surface area contributed by atoms with E-state index in [1.54, 1.807) is 7.11 Å². The monoisotopic (exact) mass is 177 g/mol. The van der Waals surface area contributed by atoms with Gasteiger partial charge in [-0.15, -0.1) is 0 Å². The second kappa shape index (κ2) is 3.29. The molecule has 2 rings (SSSR count). The fraction of sp³-hybridized carbons (Fsp3) is 0.455. The molecule has 0 heterocycles. The van der Waals surface area contributed by atoms with E-state index in [9.17, 15) is 0 Å². The smallest absolute Gasteiger partial charge is 0.142 e. The first-order valence-electron chi connectivity index (χ1n) is 4.71. The molecule has 0 saturated heterocycles. The number of anilines is 1. The zero-order valence-electron chi connectivity index (χ0n) is 8.13. The molecule has 1 saturated carbocycles. The highest BCUT2D eigenvalue weighted by Crippen LogP contribution is 2.31. The van der Waals surface area contributed by atoms with Crippen LogP contribution in [0.5, 0.6) is 5.75 Å². The van der Waals surface area contributed by atoms with E-state index in [4.69, 9.17) is 4.74 Å². The summed E-state index contributed by atoms with van der Waals surface area (Å²) in [6.45, 7) is 2.07. The molecular formula is C11H15NO. The molecule has 1 aromatic rings. The predicted molar refractivity (Wildman–Crippen MR) is 54.4 cm³/mol. The Morgan fingerprint density at radius 2 is 2.15 bits per heavy atom. The average Bonchev–Trinajstić information content (AvgIpc) is 2.92. The third-order valence-corrected chi connectivity index (χ3v) is 2.29. The molecule has 13 heavy (non-hydrogen) atoms. The molecule has 1 aliphatic rings. The highest BCUT2D eigenvalue weighted by atomic mass is 16.5. The molecule has 0 bridgehead atoms. The Morgan fingerprint density at radius 3 is 2.77 bits per heavy atom. The Bertz CT molecular complexity index is 305. The van der Waals surface area contributed by atoms with Crippen molar-refractivity contribution >= 4 is 5.69 Å². The van der Waals surface area contributed by atoms with Gasteiger partial charge in [0.2, 0.25) is 0 Å². The lowest BCUT2D eigenvalue weighted by atomic mass is 10.2. The van der Waals surface area contributed by atoms with Crippen molar-refractivity contribution in [3.8, 4) is 5.75 Å². The zero-order chi connectivity index (χ0) is 9.26. The molecule has 0 amide bonds. The zero-order valence-corrected chi connectivity index (χ0v) is 8.13. The number of aryl methyl sites for hydroxylation is 1. The number of hydrogen-bond donors (Lipinski definition) is 1. The Morgan fingerprint density at radius 1 is 1.38 bits per heavy atom. The van der Waals surface area contributed by atoms with Gasteiger partial charge in [-0.2, -0.15) is 0 Å². The fourth-order valence-electron chi connectivity index (χ4n) is 1.37. The third kappa shape index (κ3) is 1.94. The van der Waals surface area contributed by atoms with Crippen LogP contribution in [0.3, 0.4) is 0 Å². The van der Waals surface area contributed by atoms with Crippen molar-refractivity contribution in [1.82, 2.24) is 0 Å². The van der Waals surface area contributed by atoms with Crippen LogP contribution >= 0.6 is 0 Å². The number of rotatable bonds is 3. The Labute approximate surface area is 78.9 Å². The van der Waals surface area contributed by atoms with E-state index in [1.807, 2.05) is 0 Å². The first-order valence-corrected chi connectivity index (χ1v) is 4.71. The molecule has 1 N–H and O–H groups in total. The number of nitrogens with one attached hydrogen (secondary N) is 1. The van der Waals surface area contributed by atoms with Crippen molar-refractivity contribution in [2.24, 2.45) is 0 Å². The topological polar surface area (TPSA) is 21.3 Å². The molecule has 0 aliphatic heterocycles. The summed E-state index contributed by atoms with van der Waals surface area (Å²) in [5.41, 5.74) is 2.36. The molecular weight excluding hydrogens is 162 g/mol. The van der Waals surface area contributed by atoms with Gasteiger partial charge in [0.15, 0.2) is 0 Å². The van der Waals surface area contributed by atoms with Gasteiger partial charge in [-0.3, -0.25) is 0 Å². The summed E-state index contributed by atoms with van der Waals surface area (Å²) < 4.78 is 5.29. The van der Waals surface area contributed by atoms with Gasteiger partial charge in [-0.25, -0.2) is 0 Å². The first kappa shape index (κ1) is 8.42. The highest BCUT2D eigenvalue weighted by molar-refractivity contribution is 5.58. The van der Waals surface area contributed by atoms with Gasteiger partial charge in [-0.1, -0.05) is 6.07 Å². The number of benzene rings is 1. The SMILES string of the molecule is COc1cc(C)ccc1NC1CC1. The van der Waals surface area contributed by atoms with Crippen molar-refractivity contribution in [1.29, 1.82) is 0 Å². The van der Waals surface area contributed by atoms with Gasteiger partial charge in [0, 0.05) is 6.04 Å². The van der Waals surface area contributed by atoms with Gasteiger partial charge in [-0.05, 0) is 37.5 Å². The van der Waals surface area contributed by atoms with E-state index >= 15 is 0 Å². The number of hydrogen-bond acceptors (Lipinski definition) is 2. The van der Waals surface area contributed by atoms with E-state index < -0.39 is 0 Å². The fourth-order valence-corrected chi connectivity index (χ4v) is 1.37. The van der Waals surface area contributed by atoms with Crippen LogP contribution in [0.1, 0.15) is 18.4 Å². The van der Waals surface area contributed by atoms with Crippen LogP contribution in [0.2, 0.25) is 0 Å². The minimum absolute atomic E-state index is 0.677. The maximum absolute atomic E-state index is 5.29. The van der Waals surface area contributed by atoms with E-state index in [2.05, 4.69) is 30.4 Å². The van der Waals surface area contributed by atoms with Crippen molar-refractivity contribution < 1.29 is 4.74 Å². The second-order valence-electron chi connectivity index (χ2n) is 3.62. The summed E-state index contributed by atoms with van der Waals surface area (Å²) in [4.78, 5) is 0. The average molecular weight is 177 g/mol. The largest absolute Gasteiger partial charge is 0.495 e. The van der Waals surface area contributed by atoms with Gasteiger partial charge in [0.25, 0.3) is 0 Å². The lowest BCUT2D eigenvalue weighted by Gasteiger charge is -2.10. The van der Waals surface area contributed by atoms with Gasteiger partial charge < -0.3 is 10.1 Å². The quantitative estimate of drug-likeness (QED) is 0.766. The summed E-state index contributed by atoms with van der Waals surface area (Å²) in [7, 11) is 1.72. The van der Waals surface area contributed by atoms with Crippen LogP contribution in [-0.4, -0.2) is 13.2 Å². The molecule has 1 fully saturated rings. The summed E-state index contributed by atoms with van der Waals surface area (Å²) in [6, 6.07) is 6.93. The molecule has 0 atom stereocenters. The van der Waals surface area contributed by atoms with E-state index in [0.29, 0.717) is 6.04 Å². The van der Waals surface area contributed by atoms with Gasteiger partial charge >= 0.3 is 0 Å². The van der Waals surface area contributed by atoms with Crippen LogP contribution in [0.25, 0.3) is 0 Å². The first-order chi connectivity index (χ1) is 6.29. The molecule has 1 aromatic carbocycles. The molecule has 0 radical (unpaired) electrons. The van der Waals surface area contributed by atoms with Crippen molar-refractivity contribution in [2.75, 3.05) is 12.4 Å². The molecule has 0 aromatic heterocycles. The molecule has 0 unspecified atom stereocenters. The molecule has 1 aliphatic carbocycles. The van der Waals surface area contributed by atoms with Crippen molar-refractivity contribution in [3.63, 3.8) is 0 Å². The standard InChI is InChI=1S/C11H15NO/c1-8-3-6-10(11(7-8)13-2)12-9-4-5-9/h3,6-7,9,12H,4-5H2,1-2H3. The van der Waals surface area contributed by atoms with Gasteiger partial charge in [0.05, 0.1) is 12.8 Å².